The van der Waals surface area contributed by atoms with E-state index in [4.69, 9.17) is 0 Å². The second-order valence-corrected chi connectivity index (χ2v) is 6.98. The van der Waals surface area contributed by atoms with E-state index in [-0.39, 0.29) is 23.1 Å². The van der Waals surface area contributed by atoms with Gasteiger partial charge in [0, 0.05) is 36.3 Å². The van der Waals surface area contributed by atoms with Crippen molar-refractivity contribution in [2.75, 3.05) is 13.6 Å². The number of likely N-dealkylation sites (N-methyl/N-ethyl adjacent to an activating group) is 1. The topological polar surface area (TPSA) is 32.3 Å². The Morgan fingerprint density at radius 3 is 2.56 bits per heavy atom. The number of amides is 1. The first-order valence-electron chi connectivity index (χ1n) is 8.58. The Hall–Kier alpha value is -2.27. The molecule has 130 valence electrons. The maximum absolute atomic E-state index is 15.1. The molecular formula is C20H20F2N2O. The number of carbonyl (C=O) groups excluding carboxylic acids is 1. The molecule has 2 aliphatic heterocycles. The molecular weight excluding hydrogens is 322 g/mol. The summed E-state index contributed by atoms with van der Waals surface area (Å²) in [5, 5.41) is 3.37. The monoisotopic (exact) mass is 342 g/mol. The van der Waals surface area contributed by atoms with Crippen molar-refractivity contribution in [2.24, 2.45) is 0 Å². The van der Waals surface area contributed by atoms with Crippen LogP contribution in [0.3, 0.4) is 0 Å². The van der Waals surface area contributed by atoms with Crippen molar-refractivity contribution >= 4 is 5.91 Å². The van der Waals surface area contributed by atoms with Crippen molar-refractivity contribution in [1.29, 1.82) is 0 Å². The zero-order chi connectivity index (χ0) is 17.6. The summed E-state index contributed by atoms with van der Waals surface area (Å²) in [6, 6.07) is 11.0. The average molecular weight is 342 g/mol. The van der Waals surface area contributed by atoms with Crippen molar-refractivity contribution in [1.82, 2.24) is 10.2 Å². The van der Waals surface area contributed by atoms with Gasteiger partial charge in [0.05, 0.1) is 0 Å². The summed E-state index contributed by atoms with van der Waals surface area (Å²) >= 11 is 0. The van der Waals surface area contributed by atoms with E-state index in [9.17, 15) is 9.18 Å². The molecule has 2 heterocycles. The van der Waals surface area contributed by atoms with Crippen LogP contribution >= 0.6 is 0 Å². The lowest BCUT2D eigenvalue weighted by atomic mass is 9.95. The summed E-state index contributed by atoms with van der Waals surface area (Å²) < 4.78 is 29.2. The summed E-state index contributed by atoms with van der Waals surface area (Å²) in [4.78, 5) is 14.2. The number of halogens is 2. The first kappa shape index (κ1) is 16.2. The predicted molar refractivity (Wildman–Crippen MR) is 91.9 cm³/mol. The lowest BCUT2D eigenvalue weighted by Gasteiger charge is -2.24. The van der Waals surface area contributed by atoms with Crippen molar-refractivity contribution in [3.05, 3.63) is 59.7 Å². The second-order valence-electron chi connectivity index (χ2n) is 6.98. The molecule has 2 aliphatic rings. The van der Waals surface area contributed by atoms with Crippen LogP contribution in [0.2, 0.25) is 0 Å². The highest BCUT2D eigenvalue weighted by atomic mass is 19.1. The fourth-order valence-corrected chi connectivity index (χ4v) is 4.11. The van der Waals surface area contributed by atoms with Crippen LogP contribution < -0.4 is 5.32 Å². The predicted octanol–water partition coefficient (Wildman–Crippen LogP) is 3.66. The Morgan fingerprint density at radius 1 is 1.08 bits per heavy atom. The lowest BCUT2D eigenvalue weighted by molar-refractivity contribution is -0.131. The minimum Gasteiger partial charge on any atom is -0.344 e. The Labute approximate surface area is 145 Å². The Bertz CT molecular complexity index is 838. The van der Waals surface area contributed by atoms with Gasteiger partial charge in [-0.3, -0.25) is 10.1 Å². The van der Waals surface area contributed by atoms with Gasteiger partial charge in [-0.2, -0.15) is 0 Å². The van der Waals surface area contributed by atoms with Crippen LogP contribution in [-0.2, 0) is 4.79 Å². The highest BCUT2D eigenvalue weighted by Crippen LogP contribution is 2.41. The normalized spacial score (nSPS) is 26.0. The molecule has 1 spiro atoms. The van der Waals surface area contributed by atoms with Crippen LogP contribution in [0, 0.1) is 11.6 Å². The van der Waals surface area contributed by atoms with Gasteiger partial charge in [0.15, 0.2) is 0 Å². The third-order valence-electron chi connectivity index (χ3n) is 5.51. The molecule has 2 saturated heterocycles. The van der Waals surface area contributed by atoms with Crippen LogP contribution in [0.1, 0.15) is 30.9 Å². The van der Waals surface area contributed by atoms with E-state index in [1.165, 1.54) is 6.07 Å². The number of hydrogen-bond donors (Lipinski definition) is 1. The molecule has 0 aliphatic carbocycles. The number of hydrogen-bond acceptors (Lipinski definition) is 2. The number of rotatable bonds is 2. The number of nitrogens with zero attached hydrogens (tertiary/aromatic N) is 1. The van der Waals surface area contributed by atoms with Crippen LogP contribution in [-0.4, -0.2) is 29.9 Å². The highest BCUT2D eigenvalue weighted by Gasteiger charge is 2.50. The average Bonchev–Trinajstić information content (AvgIpc) is 3.16. The van der Waals surface area contributed by atoms with Gasteiger partial charge in [0.25, 0.3) is 0 Å². The first-order chi connectivity index (χ1) is 12.0. The molecule has 25 heavy (non-hydrogen) atoms. The van der Waals surface area contributed by atoms with Crippen LogP contribution in [0.4, 0.5) is 8.78 Å². The Morgan fingerprint density at radius 2 is 1.84 bits per heavy atom. The Kier molecular flexibility index (Phi) is 3.84. The minimum absolute atomic E-state index is 0.0840. The van der Waals surface area contributed by atoms with Gasteiger partial charge in [-0.25, -0.2) is 8.78 Å². The molecule has 0 aromatic heterocycles. The summed E-state index contributed by atoms with van der Waals surface area (Å²) in [7, 11) is 1.80. The molecule has 2 fully saturated rings. The Balaban J connectivity index is 1.68. The van der Waals surface area contributed by atoms with Crippen molar-refractivity contribution < 1.29 is 13.6 Å². The van der Waals surface area contributed by atoms with Gasteiger partial charge in [-0.1, -0.05) is 36.4 Å². The third kappa shape index (κ3) is 2.54. The quantitative estimate of drug-likeness (QED) is 0.903. The van der Waals surface area contributed by atoms with Crippen molar-refractivity contribution in [3.8, 4) is 11.1 Å². The number of carbonyl (C=O) groups is 1. The van der Waals surface area contributed by atoms with E-state index < -0.39 is 17.2 Å². The smallest absolute Gasteiger partial charge is 0.242 e. The maximum Gasteiger partial charge on any atom is 0.242 e. The van der Waals surface area contributed by atoms with Gasteiger partial charge in [0.2, 0.25) is 5.91 Å². The molecule has 4 rings (SSSR count). The summed E-state index contributed by atoms with van der Waals surface area (Å²) in [6.45, 7) is 0.719. The second kappa shape index (κ2) is 5.92. The minimum atomic E-state index is -0.570. The SMILES string of the molecule is CN1CCC2(CCC(c3cccc(-c4ccccc4F)c3F)N2)C1=O. The zero-order valence-electron chi connectivity index (χ0n) is 14.1. The molecule has 2 atom stereocenters. The molecule has 2 unspecified atom stereocenters. The molecule has 1 amide bonds. The molecule has 2 aromatic carbocycles. The standard InChI is InChI=1S/C20H20F2N2O/c1-24-12-11-20(19(24)25)10-9-17(23-20)15-7-4-6-14(18(15)22)13-5-2-3-8-16(13)21/h2-8,17,23H,9-12H2,1H3. The van der Waals surface area contributed by atoms with Crippen molar-refractivity contribution in [2.45, 2.75) is 30.8 Å². The van der Waals surface area contributed by atoms with Crippen LogP contribution in [0.5, 0.6) is 0 Å². The molecule has 0 radical (unpaired) electrons. The van der Waals surface area contributed by atoms with Gasteiger partial charge in [-0.15, -0.1) is 0 Å². The van der Waals surface area contributed by atoms with E-state index in [1.54, 1.807) is 48.3 Å². The van der Waals surface area contributed by atoms with Gasteiger partial charge in [0.1, 0.15) is 17.2 Å². The summed E-state index contributed by atoms with van der Waals surface area (Å²) in [5.41, 5.74) is 0.444. The van der Waals surface area contributed by atoms with Gasteiger partial charge < -0.3 is 4.90 Å². The van der Waals surface area contributed by atoms with E-state index >= 15 is 4.39 Å². The molecule has 0 bridgehead atoms. The van der Waals surface area contributed by atoms with Crippen LogP contribution in [0.15, 0.2) is 42.5 Å². The molecule has 2 aromatic rings. The molecule has 0 saturated carbocycles. The number of likely N-dealkylation sites (tertiary alicyclic amines) is 1. The lowest BCUT2D eigenvalue weighted by Crippen LogP contribution is -2.47. The van der Waals surface area contributed by atoms with Crippen LogP contribution in [0.25, 0.3) is 11.1 Å². The first-order valence-corrected chi connectivity index (χ1v) is 8.58. The van der Waals surface area contributed by atoms with E-state index in [0.29, 0.717) is 18.4 Å². The summed E-state index contributed by atoms with van der Waals surface area (Å²) in [6.07, 6.45) is 2.13. The molecule has 5 heteroatoms. The largest absolute Gasteiger partial charge is 0.344 e. The zero-order valence-corrected chi connectivity index (χ0v) is 14.1. The molecule has 1 N–H and O–H groups in total. The van der Waals surface area contributed by atoms with Crippen molar-refractivity contribution in [3.63, 3.8) is 0 Å². The number of nitrogens with one attached hydrogen (secondary N) is 1. The van der Waals surface area contributed by atoms with Gasteiger partial charge in [-0.05, 0) is 25.3 Å². The maximum atomic E-state index is 15.1. The number of benzene rings is 2. The third-order valence-corrected chi connectivity index (χ3v) is 5.51. The summed E-state index contributed by atoms with van der Waals surface area (Å²) in [5.74, 6) is -0.774. The fourth-order valence-electron chi connectivity index (χ4n) is 4.11. The van der Waals surface area contributed by atoms with E-state index in [1.807, 2.05) is 0 Å². The van der Waals surface area contributed by atoms with E-state index in [2.05, 4.69) is 5.32 Å². The highest BCUT2D eigenvalue weighted by molar-refractivity contribution is 5.88. The van der Waals surface area contributed by atoms with E-state index in [0.717, 1.165) is 13.0 Å². The molecule has 3 nitrogen and oxygen atoms in total. The van der Waals surface area contributed by atoms with Gasteiger partial charge >= 0.3 is 0 Å². The fraction of sp³-hybridized carbons (Fsp3) is 0.350.